The highest BCUT2D eigenvalue weighted by Gasteiger charge is 2.49. The lowest BCUT2D eigenvalue weighted by molar-refractivity contribution is -0.144. The van der Waals surface area contributed by atoms with Crippen molar-refractivity contribution in [1.82, 2.24) is 26.2 Å². The second-order valence-corrected chi connectivity index (χ2v) is 20.1. The van der Waals surface area contributed by atoms with Crippen molar-refractivity contribution in [2.45, 2.75) is 166 Å². The van der Waals surface area contributed by atoms with Crippen LogP contribution in [0.3, 0.4) is 0 Å². The maximum absolute atomic E-state index is 14.6. The van der Waals surface area contributed by atoms with Gasteiger partial charge in [-0.05, 0) is 75.5 Å². The second kappa shape index (κ2) is 17.2. The molecule has 2 aliphatic heterocycles. The third-order valence-corrected chi connectivity index (χ3v) is 14.7. The van der Waals surface area contributed by atoms with Gasteiger partial charge in [0.25, 0.3) is 5.91 Å². The standard InChI is InChI=1S/C38H65N5O8S/c1-8-9-13-28(30(44)33(46)39-27-14-15-27)40-32(45)29-22-26(25(2)3)23-43(29)34(47)31(36(4,5)6)41-35(48)42-38(16-11-10-12-17-38)24-52(49,50)37(7)18-20-51-21-19-37/h25-29,31H,8-24H2,1-7H3,(H,39,46)(H,40,45)(H2,41,42,48)/t26-,28+,29+,31-/m1/s1. The van der Waals surface area contributed by atoms with E-state index in [-0.39, 0.29) is 23.6 Å². The molecule has 4 rings (SSSR count). The molecule has 296 valence electrons. The van der Waals surface area contributed by atoms with Gasteiger partial charge in [-0.3, -0.25) is 19.2 Å². The van der Waals surface area contributed by atoms with Crippen LogP contribution in [-0.4, -0.2) is 103 Å². The van der Waals surface area contributed by atoms with E-state index in [0.717, 1.165) is 38.5 Å². The molecule has 14 heteroatoms. The summed E-state index contributed by atoms with van der Waals surface area (Å²) >= 11 is 0. The minimum atomic E-state index is -3.63. The Bertz CT molecular complexity index is 1410. The smallest absolute Gasteiger partial charge is 0.315 e. The summed E-state index contributed by atoms with van der Waals surface area (Å²) in [5.41, 5.74) is -1.74. The summed E-state index contributed by atoms with van der Waals surface area (Å²) in [5, 5.41) is 11.5. The van der Waals surface area contributed by atoms with Crippen LogP contribution in [-0.2, 0) is 33.8 Å². The van der Waals surface area contributed by atoms with Gasteiger partial charge in [0.1, 0.15) is 12.1 Å². The predicted octanol–water partition coefficient (Wildman–Crippen LogP) is 3.78. The lowest BCUT2D eigenvalue weighted by atomic mass is 9.83. The number of amides is 5. The first kappa shape index (κ1) is 42.0. The molecular formula is C38H65N5O8S. The highest BCUT2D eigenvalue weighted by molar-refractivity contribution is 7.92. The maximum Gasteiger partial charge on any atom is 0.315 e. The van der Waals surface area contributed by atoms with Crippen LogP contribution in [0.4, 0.5) is 4.79 Å². The number of ether oxygens (including phenoxy) is 1. The third-order valence-electron chi connectivity index (χ3n) is 11.8. The number of hydrogen-bond donors (Lipinski definition) is 4. The van der Waals surface area contributed by atoms with Gasteiger partial charge >= 0.3 is 6.03 Å². The second-order valence-electron chi connectivity index (χ2n) is 17.6. The number of nitrogens with zero attached hydrogens (tertiary/aromatic N) is 1. The molecule has 4 N–H and O–H groups in total. The van der Waals surface area contributed by atoms with E-state index in [1.165, 1.54) is 4.90 Å². The van der Waals surface area contributed by atoms with Crippen LogP contribution in [0.25, 0.3) is 0 Å². The zero-order chi connectivity index (χ0) is 38.5. The molecule has 2 saturated carbocycles. The van der Waals surface area contributed by atoms with Crippen LogP contribution in [0.2, 0.25) is 0 Å². The molecule has 2 saturated heterocycles. The Hall–Kier alpha value is -2.74. The molecule has 2 aliphatic carbocycles. The molecule has 0 aromatic rings. The van der Waals surface area contributed by atoms with Crippen molar-refractivity contribution in [3.63, 3.8) is 0 Å². The number of sulfone groups is 1. The van der Waals surface area contributed by atoms with Crippen molar-refractivity contribution >= 4 is 39.4 Å². The molecule has 2 heterocycles. The molecule has 0 unspecified atom stereocenters. The van der Waals surface area contributed by atoms with Crippen LogP contribution in [0.1, 0.15) is 132 Å². The summed E-state index contributed by atoms with van der Waals surface area (Å²) in [6.45, 7) is 14.4. The Kier molecular flexibility index (Phi) is 13.9. The average Bonchev–Trinajstić information content (AvgIpc) is 3.77. The van der Waals surface area contributed by atoms with Crippen LogP contribution in [0, 0.1) is 17.3 Å². The summed E-state index contributed by atoms with van der Waals surface area (Å²) in [5.74, 6) is -2.32. The van der Waals surface area contributed by atoms with Crippen molar-refractivity contribution in [3.05, 3.63) is 0 Å². The van der Waals surface area contributed by atoms with Crippen molar-refractivity contribution in [2.24, 2.45) is 17.3 Å². The summed E-state index contributed by atoms with van der Waals surface area (Å²) in [7, 11) is -3.63. The van der Waals surface area contributed by atoms with E-state index in [0.29, 0.717) is 64.7 Å². The number of ketones is 1. The van der Waals surface area contributed by atoms with Gasteiger partial charge in [-0.25, -0.2) is 13.2 Å². The molecule has 0 spiro atoms. The van der Waals surface area contributed by atoms with E-state index < -0.39 is 73.2 Å². The summed E-state index contributed by atoms with van der Waals surface area (Å²) in [6, 6.07) is -3.56. The van der Waals surface area contributed by atoms with Gasteiger partial charge in [0, 0.05) is 25.8 Å². The lowest BCUT2D eigenvalue weighted by Gasteiger charge is -2.42. The van der Waals surface area contributed by atoms with Gasteiger partial charge in [-0.15, -0.1) is 0 Å². The van der Waals surface area contributed by atoms with Crippen molar-refractivity contribution in [1.29, 1.82) is 0 Å². The molecule has 5 amide bonds. The Morgan fingerprint density at radius 1 is 0.942 bits per heavy atom. The van der Waals surface area contributed by atoms with Gasteiger partial charge in [0.15, 0.2) is 9.84 Å². The molecule has 52 heavy (non-hydrogen) atoms. The Labute approximate surface area is 311 Å². The highest BCUT2D eigenvalue weighted by Crippen LogP contribution is 2.37. The van der Waals surface area contributed by atoms with Crippen molar-refractivity contribution in [2.75, 3.05) is 25.5 Å². The normalized spacial score (nSPS) is 24.4. The molecule has 0 aromatic heterocycles. The largest absolute Gasteiger partial charge is 0.381 e. The number of urea groups is 1. The van der Waals surface area contributed by atoms with Gasteiger partial charge < -0.3 is 30.9 Å². The summed E-state index contributed by atoms with van der Waals surface area (Å²) < 4.78 is 32.3. The lowest BCUT2D eigenvalue weighted by Crippen LogP contribution is -2.64. The third kappa shape index (κ3) is 10.5. The fraction of sp³-hybridized carbons (Fsp3) is 0.868. The fourth-order valence-corrected chi connectivity index (χ4v) is 10.1. The summed E-state index contributed by atoms with van der Waals surface area (Å²) in [4.78, 5) is 69.9. The van der Waals surface area contributed by atoms with E-state index in [1.807, 2.05) is 41.5 Å². The van der Waals surface area contributed by atoms with Crippen LogP contribution >= 0.6 is 0 Å². The first-order valence-electron chi connectivity index (χ1n) is 19.7. The number of carbonyl (C=O) groups excluding carboxylic acids is 5. The van der Waals surface area contributed by atoms with E-state index in [4.69, 9.17) is 4.74 Å². The Morgan fingerprint density at radius 2 is 1.58 bits per heavy atom. The van der Waals surface area contributed by atoms with Crippen LogP contribution in [0.5, 0.6) is 0 Å². The minimum absolute atomic E-state index is 0.000392. The highest BCUT2D eigenvalue weighted by atomic mass is 32.2. The van der Waals surface area contributed by atoms with Gasteiger partial charge in [-0.1, -0.05) is 73.6 Å². The summed E-state index contributed by atoms with van der Waals surface area (Å²) in [6.07, 6.45) is 8.11. The first-order chi connectivity index (χ1) is 24.3. The Morgan fingerprint density at radius 3 is 2.13 bits per heavy atom. The zero-order valence-corrected chi connectivity index (χ0v) is 33.4. The molecule has 13 nitrogen and oxygen atoms in total. The molecule has 4 aliphatic rings. The number of unbranched alkanes of at least 4 members (excludes halogenated alkanes) is 1. The molecule has 4 atom stereocenters. The quantitative estimate of drug-likeness (QED) is 0.183. The number of carbonyl (C=O) groups is 5. The minimum Gasteiger partial charge on any atom is -0.381 e. The topological polar surface area (TPSA) is 180 Å². The average molecular weight is 752 g/mol. The van der Waals surface area contributed by atoms with E-state index >= 15 is 0 Å². The molecule has 0 radical (unpaired) electrons. The monoisotopic (exact) mass is 751 g/mol. The van der Waals surface area contributed by atoms with Crippen molar-refractivity contribution in [3.8, 4) is 0 Å². The van der Waals surface area contributed by atoms with E-state index in [2.05, 4.69) is 21.3 Å². The van der Waals surface area contributed by atoms with Gasteiger partial charge in [0.2, 0.25) is 17.6 Å². The van der Waals surface area contributed by atoms with Gasteiger partial charge in [0.05, 0.1) is 22.1 Å². The molecule has 4 fully saturated rings. The number of hydrogen-bond acceptors (Lipinski definition) is 8. The number of Topliss-reactive ketones (excluding diaryl/α,β-unsaturated/α-hetero) is 1. The van der Waals surface area contributed by atoms with Crippen molar-refractivity contribution < 1.29 is 37.1 Å². The number of rotatable bonds is 15. The Balaban J connectivity index is 1.53. The fourth-order valence-electron chi connectivity index (χ4n) is 7.84. The van der Waals surface area contributed by atoms with E-state index in [1.54, 1.807) is 6.92 Å². The first-order valence-corrected chi connectivity index (χ1v) is 21.3. The molecule has 0 aromatic carbocycles. The number of nitrogens with one attached hydrogen (secondary N) is 4. The zero-order valence-electron chi connectivity index (χ0n) is 32.6. The van der Waals surface area contributed by atoms with Crippen LogP contribution in [0.15, 0.2) is 0 Å². The SMILES string of the molecule is CCCC[C@H](NC(=O)[C@@H]1C[C@@H](C(C)C)CN1C(=O)[C@@H](NC(=O)NC1(CS(=O)(=O)C2(C)CCOCC2)CCCCC1)C(C)(C)C)C(=O)C(=O)NC1CC1. The van der Waals surface area contributed by atoms with Crippen LogP contribution < -0.4 is 21.3 Å². The van der Waals surface area contributed by atoms with E-state index in [9.17, 15) is 32.4 Å². The maximum atomic E-state index is 14.6. The van der Waals surface area contributed by atoms with Gasteiger partial charge in [-0.2, -0.15) is 0 Å². The molecule has 0 bridgehead atoms. The molecular weight excluding hydrogens is 687 g/mol. The predicted molar refractivity (Wildman–Crippen MR) is 199 cm³/mol. The number of likely N-dealkylation sites (tertiary alicyclic amines) is 1.